The summed E-state index contributed by atoms with van der Waals surface area (Å²) in [6, 6.07) is 6.19. The van der Waals surface area contributed by atoms with Crippen molar-refractivity contribution in [3.05, 3.63) is 59.2 Å². The van der Waals surface area contributed by atoms with E-state index in [2.05, 4.69) is 34.3 Å². The summed E-state index contributed by atoms with van der Waals surface area (Å²) in [5, 5.41) is 3.41. The average Bonchev–Trinajstić information content (AvgIpc) is 2.34. The van der Waals surface area contributed by atoms with Crippen LogP contribution in [0.25, 0.3) is 0 Å². The van der Waals surface area contributed by atoms with Gasteiger partial charge in [-0.15, -0.1) is 0 Å². The molecule has 2 heterocycles. The van der Waals surface area contributed by atoms with E-state index in [1.165, 1.54) is 16.7 Å². The molecule has 0 aliphatic rings. The van der Waals surface area contributed by atoms with Crippen LogP contribution in [0.5, 0.6) is 0 Å². The van der Waals surface area contributed by atoms with Crippen molar-refractivity contribution in [3.63, 3.8) is 0 Å². The predicted molar refractivity (Wildman–Crippen MR) is 68.5 cm³/mol. The lowest BCUT2D eigenvalue weighted by molar-refractivity contribution is 0.687. The highest BCUT2D eigenvalue weighted by atomic mass is 14.9. The summed E-state index contributed by atoms with van der Waals surface area (Å²) in [6.07, 6.45) is 5.64. The lowest BCUT2D eigenvalue weighted by atomic mass is 10.1. The number of aromatic nitrogens is 2. The Bertz CT molecular complexity index is 477. The van der Waals surface area contributed by atoms with Gasteiger partial charge in [-0.2, -0.15) is 0 Å². The van der Waals surface area contributed by atoms with E-state index in [0.717, 1.165) is 18.8 Å². The lowest BCUT2D eigenvalue weighted by Gasteiger charge is -2.07. The Morgan fingerprint density at radius 2 is 1.94 bits per heavy atom. The second-order valence-corrected chi connectivity index (χ2v) is 4.21. The Balaban J connectivity index is 1.88. The maximum Gasteiger partial charge on any atom is 0.0372 e. The standard InChI is InChI=1S/C14H17N3/c1-11-7-15-6-5-14(11)10-16-8-13-4-3-12(2)17-9-13/h3-7,9,16H,8,10H2,1-2H3. The van der Waals surface area contributed by atoms with Gasteiger partial charge in [0.25, 0.3) is 0 Å². The Morgan fingerprint density at radius 1 is 1.06 bits per heavy atom. The summed E-state index contributed by atoms with van der Waals surface area (Å²) in [5.74, 6) is 0. The molecular formula is C14H17N3. The topological polar surface area (TPSA) is 37.8 Å². The molecule has 2 aromatic rings. The largest absolute Gasteiger partial charge is 0.309 e. The third-order valence-corrected chi connectivity index (χ3v) is 2.75. The van der Waals surface area contributed by atoms with E-state index in [1.807, 2.05) is 31.6 Å². The van der Waals surface area contributed by atoms with Gasteiger partial charge in [-0.05, 0) is 42.7 Å². The average molecular weight is 227 g/mol. The highest BCUT2D eigenvalue weighted by Gasteiger charge is 1.97. The molecule has 3 nitrogen and oxygen atoms in total. The van der Waals surface area contributed by atoms with E-state index in [9.17, 15) is 0 Å². The number of nitrogens with one attached hydrogen (secondary N) is 1. The van der Waals surface area contributed by atoms with Crippen LogP contribution in [0.2, 0.25) is 0 Å². The smallest absolute Gasteiger partial charge is 0.0372 e. The van der Waals surface area contributed by atoms with Crippen LogP contribution >= 0.6 is 0 Å². The first-order valence-electron chi connectivity index (χ1n) is 5.77. The van der Waals surface area contributed by atoms with E-state index in [1.54, 1.807) is 0 Å². The van der Waals surface area contributed by atoms with Crippen molar-refractivity contribution < 1.29 is 0 Å². The summed E-state index contributed by atoms with van der Waals surface area (Å²) in [4.78, 5) is 8.36. The molecule has 2 rings (SSSR count). The zero-order chi connectivity index (χ0) is 12.1. The van der Waals surface area contributed by atoms with E-state index in [-0.39, 0.29) is 0 Å². The summed E-state index contributed by atoms with van der Waals surface area (Å²) >= 11 is 0. The van der Waals surface area contributed by atoms with Gasteiger partial charge in [-0.25, -0.2) is 0 Å². The lowest BCUT2D eigenvalue weighted by Crippen LogP contribution is -2.13. The van der Waals surface area contributed by atoms with Gasteiger partial charge in [0.1, 0.15) is 0 Å². The zero-order valence-electron chi connectivity index (χ0n) is 10.3. The minimum Gasteiger partial charge on any atom is -0.309 e. The summed E-state index contributed by atoms with van der Waals surface area (Å²) in [7, 11) is 0. The fourth-order valence-corrected chi connectivity index (χ4v) is 1.65. The van der Waals surface area contributed by atoms with E-state index in [0.29, 0.717) is 0 Å². The molecule has 17 heavy (non-hydrogen) atoms. The molecular weight excluding hydrogens is 210 g/mol. The van der Waals surface area contributed by atoms with Crippen LogP contribution in [0.4, 0.5) is 0 Å². The second-order valence-electron chi connectivity index (χ2n) is 4.21. The van der Waals surface area contributed by atoms with Crippen LogP contribution < -0.4 is 5.32 Å². The maximum absolute atomic E-state index is 4.27. The van der Waals surface area contributed by atoms with Crippen LogP contribution in [-0.2, 0) is 13.1 Å². The number of rotatable bonds is 4. The predicted octanol–water partition coefficient (Wildman–Crippen LogP) is 2.38. The van der Waals surface area contributed by atoms with Crippen molar-refractivity contribution in [2.45, 2.75) is 26.9 Å². The van der Waals surface area contributed by atoms with Crippen molar-refractivity contribution in [2.24, 2.45) is 0 Å². The Hall–Kier alpha value is -1.74. The first kappa shape index (κ1) is 11.7. The monoisotopic (exact) mass is 227 g/mol. The Morgan fingerprint density at radius 3 is 2.65 bits per heavy atom. The molecule has 0 radical (unpaired) electrons. The van der Waals surface area contributed by atoms with Gasteiger partial charge in [-0.3, -0.25) is 9.97 Å². The molecule has 0 fully saturated rings. The Labute approximate surface area is 102 Å². The molecule has 0 atom stereocenters. The van der Waals surface area contributed by atoms with Crippen molar-refractivity contribution in [1.29, 1.82) is 0 Å². The Kier molecular flexibility index (Phi) is 3.83. The molecule has 2 aromatic heterocycles. The highest BCUT2D eigenvalue weighted by molar-refractivity contribution is 5.21. The number of aryl methyl sites for hydroxylation is 2. The van der Waals surface area contributed by atoms with Crippen molar-refractivity contribution in [3.8, 4) is 0 Å². The first-order chi connectivity index (χ1) is 8.25. The highest BCUT2D eigenvalue weighted by Crippen LogP contribution is 2.05. The summed E-state index contributed by atoms with van der Waals surface area (Å²) in [6.45, 7) is 5.78. The molecule has 0 unspecified atom stereocenters. The third-order valence-electron chi connectivity index (χ3n) is 2.75. The molecule has 0 amide bonds. The molecule has 0 bridgehead atoms. The summed E-state index contributed by atoms with van der Waals surface area (Å²) < 4.78 is 0. The molecule has 0 aromatic carbocycles. The van der Waals surface area contributed by atoms with Crippen molar-refractivity contribution in [2.75, 3.05) is 0 Å². The van der Waals surface area contributed by atoms with Gasteiger partial charge in [0, 0.05) is 37.4 Å². The fourth-order valence-electron chi connectivity index (χ4n) is 1.65. The molecule has 1 N–H and O–H groups in total. The van der Waals surface area contributed by atoms with Gasteiger partial charge in [-0.1, -0.05) is 6.07 Å². The fraction of sp³-hybridized carbons (Fsp3) is 0.286. The van der Waals surface area contributed by atoms with Crippen LogP contribution in [0, 0.1) is 13.8 Å². The van der Waals surface area contributed by atoms with Gasteiger partial charge in [0.05, 0.1) is 0 Å². The van der Waals surface area contributed by atoms with Gasteiger partial charge < -0.3 is 5.32 Å². The van der Waals surface area contributed by atoms with Gasteiger partial charge in [0.15, 0.2) is 0 Å². The number of hydrogen-bond acceptors (Lipinski definition) is 3. The van der Waals surface area contributed by atoms with Gasteiger partial charge >= 0.3 is 0 Å². The molecule has 0 aliphatic carbocycles. The number of nitrogens with zero attached hydrogens (tertiary/aromatic N) is 2. The minimum atomic E-state index is 0.842. The normalized spacial score (nSPS) is 10.5. The van der Waals surface area contributed by atoms with Crippen LogP contribution in [0.3, 0.4) is 0 Å². The van der Waals surface area contributed by atoms with Crippen LogP contribution in [0.1, 0.15) is 22.4 Å². The van der Waals surface area contributed by atoms with Gasteiger partial charge in [0.2, 0.25) is 0 Å². The molecule has 3 heteroatoms. The number of hydrogen-bond donors (Lipinski definition) is 1. The molecule has 0 spiro atoms. The maximum atomic E-state index is 4.27. The SMILES string of the molecule is Cc1ccc(CNCc2ccncc2C)cn1. The quantitative estimate of drug-likeness (QED) is 0.871. The molecule has 0 saturated carbocycles. The minimum absolute atomic E-state index is 0.842. The van der Waals surface area contributed by atoms with Crippen LogP contribution in [-0.4, -0.2) is 9.97 Å². The molecule has 88 valence electrons. The van der Waals surface area contributed by atoms with Crippen molar-refractivity contribution >= 4 is 0 Å². The van der Waals surface area contributed by atoms with E-state index < -0.39 is 0 Å². The molecule has 0 saturated heterocycles. The zero-order valence-corrected chi connectivity index (χ0v) is 10.3. The second kappa shape index (κ2) is 5.55. The van der Waals surface area contributed by atoms with Crippen LogP contribution in [0.15, 0.2) is 36.8 Å². The van der Waals surface area contributed by atoms with E-state index in [4.69, 9.17) is 0 Å². The summed E-state index contributed by atoms with van der Waals surface area (Å²) in [5.41, 5.74) is 4.78. The first-order valence-corrected chi connectivity index (χ1v) is 5.77. The third kappa shape index (κ3) is 3.36. The number of pyridine rings is 2. The van der Waals surface area contributed by atoms with Crippen molar-refractivity contribution in [1.82, 2.24) is 15.3 Å². The van der Waals surface area contributed by atoms with E-state index >= 15 is 0 Å². The molecule has 0 aliphatic heterocycles.